The third-order valence-electron chi connectivity index (χ3n) is 4.78. The second kappa shape index (κ2) is 8.39. The van der Waals surface area contributed by atoms with E-state index in [0.717, 1.165) is 23.3 Å². The number of benzene rings is 3. The molecule has 3 aromatic rings. The molecule has 1 aliphatic rings. The van der Waals surface area contributed by atoms with Crippen LogP contribution in [0.25, 0.3) is 0 Å². The molecule has 0 bridgehead atoms. The Bertz CT molecular complexity index is 981. The van der Waals surface area contributed by atoms with Gasteiger partial charge in [-0.2, -0.15) is 0 Å². The first kappa shape index (κ1) is 19.7. The Morgan fingerprint density at radius 2 is 1.24 bits per heavy atom. The zero-order chi connectivity index (χ0) is 20.4. The molecule has 0 unspecified atom stereocenters. The minimum Gasteiger partial charge on any atom is -0.347 e. The van der Waals surface area contributed by atoms with E-state index in [1.165, 1.54) is 6.07 Å². The van der Waals surface area contributed by atoms with E-state index < -0.39 is 11.6 Å². The minimum atomic E-state index is -0.881. The maximum absolute atomic E-state index is 13.4. The lowest BCUT2D eigenvalue weighted by atomic mass is 9.95. The van der Waals surface area contributed by atoms with Gasteiger partial charge < -0.3 is 10.6 Å². The number of nitrogens with zero attached hydrogens (tertiary/aromatic N) is 1. The van der Waals surface area contributed by atoms with Crippen LogP contribution in [0.3, 0.4) is 0 Å². The summed E-state index contributed by atoms with van der Waals surface area (Å²) in [5.41, 5.74) is 2.66. The van der Waals surface area contributed by atoms with Gasteiger partial charge in [0.1, 0.15) is 0 Å². The Balaban J connectivity index is 1.60. The highest BCUT2D eigenvalue weighted by Crippen LogP contribution is 2.33. The van der Waals surface area contributed by atoms with Crippen molar-refractivity contribution in [2.24, 2.45) is 4.99 Å². The van der Waals surface area contributed by atoms with Crippen molar-refractivity contribution in [3.63, 3.8) is 0 Å². The van der Waals surface area contributed by atoms with Gasteiger partial charge in [0.05, 0.1) is 18.6 Å². The van der Waals surface area contributed by atoms with Crippen LogP contribution in [0, 0.1) is 11.6 Å². The predicted molar refractivity (Wildman–Crippen MR) is 112 cm³/mol. The number of hydrogen-bond acceptors (Lipinski definition) is 1. The van der Waals surface area contributed by atoms with Gasteiger partial charge in [0, 0.05) is 10.0 Å². The van der Waals surface area contributed by atoms with E-state index in [9.17, 15) is 8.78 Å². The van der Waals surface area contributed by atoms with Crippen LogP contribution >= 0.6 is 23.2 Å². The summed E-state index contributed by atoms with van der Waals surface area (Å²) in [5, 5.41) is 8.09. The van der Waals surface area contributed by atoms with Crippen molar-refractivity contribution in [2.75, 3.05) is 0 Å². The highest BCUT2D eigenvalue weighted by molar-refractivity contribution is 6.30. The highest BCUT2D eigenvalue weighted by atomic mass is 35.5. The molecule has 0 saturated carbocycles. The van der Waals surface area contributed by atoms with Crippen LogP contribution in [0.5, 0.6) is 0 Å². The Hall–Kier alpha value is -2.63. The van der Waals surface area contributed by atoms with E-state index in [2.05, 4.69) is 15.6 Å². The summed E-state index contributed by atoms with van der Waals surface area (Å²) in [6.07, 6.45) is 0. The Morgan fingerprint density at radius 1 is 0.724 bits per heavy atom. The summed E-state index contributed by atoms with van der Waals surface area (Å²) in [4.78, 5) is 4.50. The number of nitrogens with one attached hydrogen (secondary N) is 2. The zero-order valence-corrected chi connectivity index (χ0v) is 16.7. The van der Waals surface area contributed by atoms with Gasteiger partial charge in [0.25, 0.3) is 0 Å². The molecule has 2 N–H and O–H groups in total. The lowest BCUT2D eigenvalue weighted by Crippen LogP contribution is -2.25. The SMILES string of the molecule is Fc1ccc(CN=C2N[C@H](c3ccc(Cl)cc3)[C@H](c3ccc(Cl)cc3)N2)cc1F. The van der Waals surface area contributed by atoms with Crippen LogP contribution < -0.4 is 10.6 Å². The van der Waals surface area contributed by atoms with E-state index >= 15 is 0 Å². The average molecular weight is 432 g/mol. The monoisotopic (exact) mass is 431 g/mol. The number of guanidine groups is 1. The van der Waals surface area contributed by atoms with Gasteiger partial charge >= 0.3 is 0 Å². The smallest absolute Gasteiger partial charge is 0.192 e. The first-order chi connectivity index (χ1) is 14.0. The van der Waals surface area contributed by atoms with E-state index in [1.807, 2.05) is 48.5 Å². The Morgan fingerprint density at radius 3 is 1.72 bits per heavy atom. The third-order valence-corrected chi connectivity index (χ3v) is 5.28. The van der Waals surface area contributed by atoms with Crippen LogP contribution in [0.2, 0.25) is 10.0 Å². The minimum absolute atomic E-state index is 0.0860. The van der Waals surface area contributed by atoms with Crippen molar-refractivity contribution >= 4 is 29.2 Å². The molecule has 0 aromatic heterocycles. The van der Waals surface area contributed by atoms with Gasteiger partial charge in [-0.05, 0) is 53.1 Å². The van der Waals surface area contributed by atoms with Gasteiger partial charge in [-0.25, -0.2) is 13.8 Å². The van der Waals surface area contributed by atoms with Gasteiger partial charge in [0.15, 0.2) is 17.6 Å². The summed E-state index contributed by atoms with van der Waals surface area (Å²) in [5.74, 6) is -1.17. The van der Waals surface area contributed by atoms with Gasteiger partial charge in [-0.3, -0.25) is 0 Å². The first-order valence-electron chi connectivity index (χ1n) is 9.02. The van der Waals surface area contributed by atoms with Crippen molar-refractivity contribution in [1.29, 1.82) is 0 Å². The molecule has 2 atom stereocenters. The van der Waals surface area contributed by atoms with E-state index in [-0.39, 0.29) is 18.6 Å². The number of rotatable bonds is 4. The summed E-state index contributed by atoms with van der Waals surface area (Å²) < 4.78 is 26.6. The maximum Gasteiger partial charge on any atom is 0.192 e. The predicted octanol–water partition coefficient (Wildman–Crippen LogP) is 5.80. The quantitative estimate of drug-likeness (QED) is 0.547. The van der Waals surface area contributed by atoms with Crippen LogP contribution in [0.1, 0.15) is 28.8 Å². The van der Waals surface area contributed by atoms with E-state index in [0.29, 0.717) is 21.6 Å². The largest absolute Gasteiger partial charge is 0.347 e. The summed E-state index contributed by atoms with van der Waals surface area (Å²) in [6, 6.07) is 18.8. The molecule has 1 aliphatic heterocycles. The van der Waals surface area contributed by atoms with Crippen LogP contribution in [-0.4, -0.2) is 5.96 Å². The number of hydrogen-bond donors (Lipinski definition) is 2. The fourth-order valence-corrected chi connectivity index (χ4v) is 3.55. The molecule has 148 valence electrons. The molecule has 0 radical (unpaired) electrons. The normalized spacial score (nSPS) is 19.8. The van der Waals surface area contributed by atoms with Gasteiger partial charge in [-0.1, -0.05) is 53.5 Å². The van der Waals surface area contributed by atoms with Crippen LogP contribution in [0.15, 0.2) is 71.7 Å². The molecule has 0 amide bonds. The molecule has 1 fully saturated rings. The lowest BCUT2D eigenvalue weighted by molar-refractivity contribution is 0.507. The maximum atomic E-state index is 13.4. The molecule has 7 heteroatoms. The van der Waals surface area contributed by atoms with Gasteiger partial charge in [-0.15, -0.1) is 0 Å². The third kappa shape index (κ3) is 4.52. The van der Waals surface area contributed by atoms with E-state index in [4.69, 9.17) is 23.2 Å². The topological polar surface area (TPSA) is 36.4 Å². The van der Waals surface area contributed by atoms with Crippen LogP contribution in [-0.2, 0) is 6.54 Å². The molecule has 1 heterocycles. The second-order valence-electron chi connectivity index (χ2n) is 6.76. The summed E-state index contributed by atoms with van der Waals surface area (Å²) in [7, 11) is 0. The Labute approximate surface area is 177 Å². The Kier molecular flexibility index (Phi) is 5.69. The van der Waals surface area contributed by atoms with Crippen molar-refractivity contribution in [3.05, 3.63) is 105 Å². The number of halogens is 4. The first-order valence-corrected chi connectivity index (χ1v) is 9.77. The van der Waals surface area contributed by atoms with Crippen molar-refractivity contribution in [3.8, 4) is 0 Å². The molecule has 1 saturated heterocycles. The van der Waals surface area contributed by atoms with E-state index in [1.54, 1.807) is 0 Å². The van der Waals surface area contributed by atoms with Gasteiger partial charge in [0.2, 0.25) is 0 Å². The van der Waals surface area contributed by atoms with Crippen molar-refractivity contribution in [2.45, 2.75) is 18.6 Å². The summed E-state index contributed by atoms with van der Waals surface area (Å²) >= 11 is 12.1. The van der Waals surface area contributed by atoms with Crippen LogP contribution in [0.4, 0.5) is 8.78 Å². The van der Waals surface area contributed by atoms with Crippen molar-refractivity contribution in [1.82, 2.24) is 10.6 Å². The van der Waals surface area contributed by atoms with Crippen molar-refractivity contribution < 1.29 is 8.78 Å². The standard InChI is InChI=1S/C22H17Cl2F2N3/c23-16-6-2-14(3-7-16)20-21(15-4-8-17(24)9-5-15)29-22(28-20)27-12-13-1-10-18(25)19(26)11-13/h1-11,20-21H,12H2,(H2,27,28,29)/t20-,21+. The molecule has 0 aliphatic carbocycles. The molecular weight excluding hydrogens is 415 g/mol. The zero-order valence-electron chi connectivity index (χ0n) is 15.2. The summed E-state index contributed by atoms with van der Waals surface area (Å²) in [6.45, 7) is 0.215. The molecule has 0 spiro atoms. The molecule has 3 nitrogen and oxygen atoms in total. The lowest BCUT2D eigenvalue weighted by Gasteiger charge is -2.19. The average Bonchev–Trinajstić information content (AvgIpc) is 3.14. The highest BCUT2D eigenvalue weighted by Gasteiger charge is 2.32. The second-order valence-corrected chi connectivity index (χ2v) is 7.63. The fourth-order valence-electron chi connectivity index (χ4n) is 3.29. The molecular formula is C22H17Cl2F2N3. The molecule has 29 heavy (non-hydrogen) atoms. The molecule has 4 rings (SSSR count). The fraction of sp³-hybridized carbons (Fsp3) is 0.136. The molecule has 3 aromatic carbocycles. The number of aliphatic imine (C=N–C) groups is 1.